The van der Waals surface area contributed by atoms with Crippen LogP contribution < -0.4 is 19.1 Å². The van der Waals surface area contributed by atoms with Crippen molar-refractivity contribution in [3.05, 3.63) is 83.9 Å². The van der Waals surface area contributed by atoms with Crippen molar-refractivity contribution in [3.8, 4) is 11.5 Å². The van der Waals surface area contributed by atoms with Crippen LogP contribution in [0.3, 0.4) is 0 Å². The van der Waals surface area contributed by atoms with E-state index in [0.717, 1.165) is 15.6 Å². The number of carbonyl (C=O) groups is 1. The number of amides is 1. The molecule has 0 bridgehead atoms. The number of hydrogen-bond donors (Lipinski definition) is 1. The molecule has 32 heavy (non-hydrogen) atoms. The summed E-state index contributed by atoms with van der Waals surface area (Å²) in [5.41, 5.74) is 1.51. The number of para-hydroxylation sites is 1. The molecule has 0 saturated heterocycles. The van der Waals surface area contributed by atoms with Gasteiger partial charge in [0.15, 0.2) is 0 Å². The molecule has 3 rings (SSSR count). The molecule has 0 aliphatic rings. The second kappa shape index (κ2) is 10.2. The van der Waals surface area contributed by atoms with Gasteiger partial charge in [-0.2, -0.15) is 0 Å². The topological polar surface area (TPSA) is 84.9 Å². The van der Waals surface area contributed by atoms with E-state index >= 15 is 0 Å². The highest BCUT2D eigenvalue weighted by Crippen LogP contribution is 2.26. The Morgan fingerprint density at radius 1 is 0.938 bits per heavy atom. The second-order valence-corrected chi connectivity index (χ2v) is 9.05. The standard InChI is InChI=1S/C24H26N2O5S/c1-18-8-14-21(15-9-18)32(28,29)26(2)23-7-5-4-6-22(23)24(27)25-16-17-31-20-12-10-19(30-3)11-13-20/h4-15H,16-17H2,1-3H3,(H,25,27). The number of sulfonamides is 1. The average molecular weight is 455 g/mol. The van der Waals surface area contributed by atoms with Crippen molar-refractivity contribution in [2.45, 2.75) is 11.8 Å². The van der Waals surface area contributed by atoms with Gasteiger partial charge < -0.3 is 14.8 Å². The zero-order chi connectivity index (χ0) is 23.1. The molecule has 0 aromatic heterocycles. The van der Waals surface area contributed by atoms with Crippen LogP contribution in [0.2, 0.25) is 0 Å². The fourth-order valence-electron chi connectivity index (χ4n) is 3.04. The molecular weight excluding hydrogens is 428 g/mol. The number of nitrogens with one attached hydrogen (secondary N) is 1. The fourth-order valence-corrected chi connectivity index (χ4v) is 4.25. The minimum absolute atomic E-state index is 0.161. The highest BCUT2D eigenvalue weighted by atomic mass is 32.2. The third kappa shape index (κ3) is 5.39. The Balaban J connectivity index is 1.67. The quantitative estimate of drug-likeness (QED) is 0.499. The molecule has 0 aliphatic heterocycles. The van der Waals surface area contributed by atoms with Crippen LogP contribution in [0.5, 0.6) is 11.5 Å². The molecule has 8 heteroatoms. The summed E-state index contributed by atoms with van der Waals surface area (Å²) in [6, 6.07) is 20.3. The lowest BCUT2D eigenvalue weighted by molar-refractivity contribution is 0.0947. The summed E-state index contributed by atoms with van der Waals surface area (Å²) in [6.07, 6.45) is 0. The van der Waals surface area contributed by atoms with Gasteiger partial charge in [0.25, 0.3) is 15.9 Å². The van der Waals surface area contributed by atoms with Crippen LogP contribution in [0, 0.1) is 6.92 Å². The van der Waals surface area contributed by atoms with E-state index in [0.29, 0.717) is 11.4 Å². The number of hydrogen-bond acceptors (Lipinski definition) is 5. The van der Waals surface area contributed by atoms with Gasteiger partial charge in [0.05, 0.1) is 29.8 Å². The van der Waals surface area contributed by atoms with Crippen molar-refractivity contribution >= 4 is 21.6 Å². The van der Waals surface area contributed by atoms with Crippen molar-refractivity contribution in [3.63, 3.8) is 0 Å². The summed E-state index contributed by atoms with van der Waals surface area (Å²) < 4.78 is 37.9. The average Bonchev–Trinajstić information content (AvgIpc) is 2.82. The number of methoxy groups -OCH3 is 1. The van der Waals surface area contributed by atoms with Crippen molar-refractivity contribution in [2.75, 3.05) is 31.6 Å². The van der Waals surface area contributed by atoms with Gasteiger partial charge in [0.1, 0.15) is 18.1 Å². The first-order valence-electron chi connectivity index (χ1n) is 10.0. The summed E-state index contributed by atoms with van der Waals surface area (Å²) in [5.74, 6) is 1.00. The zero-order valence-electron chi connectivity index (χ0n) is 18.2. The summed E-state index contributed by atoms with van der Waals surface area (Å²) in [7, 11) is -0.785. The van der Waals surface area contributed by atoms with Crippen molar-refractivity contribution in [2.24, 2.45) is 0 Å². The Bertz CT molecular complexity index is 1160. The molecule has 0 unspecified atom stereocenters. The molecule has 7 nitrogen and oxygen atoms in total. The Morgan fingerprint density at radius 3 is 2.22 bits per heavy atom. The summed E-state index contributed by atoms with van der Waals surface area (Å²) >= 11 is 0. The number of anilines is 1. The van der Waals surface area contributed by atoms with Gasteiger partial charge in [-0.3, -0.25) is 9.10 Å². The van der Waals surface area contributed by atoms with Crippen LogP contribution >= 0.6 is 0 Å². The first-order valence-corrected chi connectivity index (χ1v) is 11.5. The highest BCUT2D eigenvalue weighted by Gasteiger charge is 2.24. The summed E-state index contributed by atoms with van der Waals surface area (Å²) in [5, 5.41) is 2.78. The second-order valence-electron chi connectivity index (χ2n) is 7.08. The Hall–Kier alpha value is -3.52. The Labute approximate surface area is 188 Å². The van der Waals surface area contributed by atoms with Gasteiger partial charge in [0, 0.05) is 7.05 Å². The van der Waals surface area contributed by atoms with Crippen LogP contribution in [0.15, 0.2) is 77.7 Å². The van der Waals surface area contributed by atoms with Crippen molar-refractivity contribution in [1.29, 1.82) is 0 Å². The van der Waals surface area contributed by atoms with Gasteiger partial charge in [-0.05, 0) is 55.5 Å². The number of benzene rings is 3. The van der Waals surface area contributed by atoms with E-state index in [2.05, 4.69) is 5.32 Å². The third-order valence-electron chi connectivity index (χ3n) is 4.88. The van der Waals surface area contributed by atoms with Crippen LogP contribution in [-0.2, 0) is 10.0 Å². The molecule has 0 aliphatic carbocycles. The maximum absolute atomic E-state index is 13.0. The van der Waals surface area contributed by atoms with E-state index in [1.165, 1.54) is 7.05 Å². The molecule has 3 aromatic carbocycles. The molecule has 0 radical (unpaired) electrons. The van der Waals surface area contributed by atoms with E-state index in [9.17, 15) is 13.2 Å². The third-order valence-corrected chi connectivity index (χ3v) is 6.67. The molecule has 1 N–H and O–H groups in total. The Kier molecular flexibility index (Phi) is 7.37. The maximum atomic E-state index is 13.0. The highest BCUT2D eigenvalue weighted by molar-refractivity contribution is 7.92. The monoisotopic (exact) mass is 454 g/mol. The number of rotatable bonds is 9. The molecule has 0 saturated carbocycles. The summed E-state index contributed by atoms with van der Waals surface area (Å²) in [6.45, 7) is 2.41. The molecule has 0 heterocycles. The van der Waals surface area contributed by atoms with Gasteiger partial charge in [0.2, 0.25) is 0 Å². The number of carbonyl (C=O) groups excluding carboxylic acids is 1. The molecular formula is C24H26N2O5S. The minimum Gasteiger partial charge on any atom is -0.497 e. The first-order chi connectivity index (χ1) is 15.3. The van der Waals surface area contributed by atoms with E-state index in [4.69, 9.17) is 9.47 Å². The normalized spacial score (nSPS) is 11.0. The van der Waals surface area contributed by atoms with Crippen LogP contribution in [0.4, 0.5) is 5.69 Å². The lowest BCUT2D eigenvalue weighted by atomic mass is 10.1. The van der Waals surface area contributed by atoms with Gasteiger partial charge in [-0.1, -0.05) is 29.8 Å². The Morgan fingerprint density at radius 2 is 1.56 bits per heavy atom. The molecule has 0 fully saturated rings. The van der Waals surface area contributed by atoms with Crippen LogP contribution in [0.25, 0.3) is 0 Å². The minimum atomic E-state index is -3.81. The lowest BCUT2D eigenvalue weighted by Crippen LogP contribution is -2.32. The molecule has 0 spiro atoms. The fraction of sp³-hybridized carbons (Fsp3) is 0.208. The number of ether oxygens (including phenoxy) is 2. The van der Waals surface area contributed by atoms with Gasteiger partial charge in [-0.15, -0.1) is 0 Å². The van der Waals surface area contributed by atoms with Gasteiger partial charge in [-0.25, -0.2) is 8.42 Å². The van der Waals surface area contributed by atoms with Gasteiger partial charge >= 0.3 is 0 Å². The van der Waals surface area contributed by atoms with Crippen molar-refractivity contribution < 1.29 is 22.7 Å². The van der Waals surface area contributed by atoms with E-state index in [1.54, 1.807) is 79.9 Å². The largest absolute Gasteiger partial charge is 0.497 e. The predicted octanol–water partition coefficient (Wildman–Crippen LogP) is 3.64. The zero-order valence-corrected chi connectivity index (χ0v) is 19.1. The molecule has 168 valence electrons. The predicted molar refractivity (Wildman–Crippen MR) is 124 cm³/mol. The number of nitrogens with zero attached hydrogens (tertiary/aromatic N) is 1. The van der Waals surface area contributed by atoms with Crippen LogP contribution in [0.1, 0.15) is 15.9 Å². The molecule has 1 amide bonds. The first kappa shape index (κ1) is 23.1. The molecule has 3 aromatic rings. The SMILES string of the molecule is COc1ccc(OCCNC(=O)c2ccccc2N(C)S(=O)(=O)c2ccc(C)cc2)cc1. The van der Waals surface area contributed by atoms with E-state index in [1.807, 2.05) is 6.92 Å². The van der Waals surface area contributed by atoms with Crippen molar-refractivity contribution in [1.82, 2.24) is 5.32 Å². The lowest BCUT2D eigenvalue weighted by Gasteiger charge is -2.22. The van der Waals surface area contributed by atoms with E-state index in [-0.39, 0.29) is 29.5 Å². The van der Waals surface area contributed by atoms with Crippen LogP contribution in [-0.4, -0.2) is 41.6 Å². The maximum Gasteiger partial charge on any atom is 0.264 e. The molecule has 0 atom stereocenters. The van der Waals surface area contributed by atoms with E-state index < -0.39 is 10.0 Å². The smallest absolute Gasteiger partial charge is 0.264 e. The summed E-state index contributed by atoms with van der Waals surface area (Å²) in [4.78, 5) is 12.9. The number of aryl methyl sites for hydroxylation is 1.